The zero-order valence-corrected chi connectivity index (χ0v) is 61.3. The Morgan fingerprint density at radius 2 is 0.539 bits per heavy atom. The van der Waals surface area contributed by atoms with Gasteiger partial charge in [-0.3, -0.25) is 19.6 Å². The number of nitrogens with zero attached hydrogens (tertiary/aromatic N) is 12. The number of rotatable bonds is 14. The molecule has 6 aromatic rings. The molecule has 0 aromatic carbocycles. The van der Waals surface area contributed by atoms with E-state index in [1.54, 1.807) is 0 Å². The largest absolute Gasteiger partial charge is 0.355 e. The maximum atomic E-state index is 14.3. The van der Waals surface area contributed by atoms with Crippen LogP contribution in [0.2, 0.25) is 0 Å². The first-order chi connectivity index (χ1) is 49.2. The van der Waals surface area contributed by atoms with Crippen molar-refractivity contribution in [2.24, 2.45) is 21.7 Å². The first-order valence-corrected chi connectivity index (χ1v) is 36.6. The molecule has 6 aliphatic rings. The molecule has 6 aromatic heterocycles. The molecule has 0 saturated heterocycles. The fraction of sp³-hybridized carbons (Fsp3) is 0.452. The van der Waals surface area contributed by atoms with Crippen molar-refractivity contribution in [2.45, 2.75) is 221 Å². The number of H-pyrrole nitrogens is 4. The van der Waals surface area contributed by atoms with Crippen molar-refractivity contribution in [3.8, 4) is 48.6 Å². The summed E-state index contributed by atoms with van der Waals surface area (Å²) in [6.45, 7) is 28.7. The SMILES string of the molecule is CCc1c(CC)c2cc3nc(cc4[nH]c(cc5nc(cc1[nH]2)C(=O)C5(CC)CC)c(CC)c4CC)C1(CC)C3=CCC(C#N)(C#N)C1(C#N)C#N.CCc1c(CC)c2cc3nc(cc4[nH]c(cc5nc(cc1[nH]2)C(=O)C5(CC)CC)c(CC)c4CC)C1=CCC(C#N)(C#N)C(C#N)(C#N)C13CC. The molecule has 10 heterocycles. The number of nitriles is 8. The smallest absolute Gasteiger partial charge is 0.193 e. The maximum absolute atomic E-state index is 14.3. The van der Waals surface area contributed by atoms with Gasteiger partial charge in [0, 0.05) is 57.0 Å². The minimum absolute atomic E-state index is 0.00785. The fourth-order valence-electron chi connectivity index (χ4n) is 18.9. The van der Waals surface area contributed by atoms with E-state index in [1.807, 2.05) is 88.4 Å². The van der Waals surface area contributed by atoms with Crippen molar-refractivity contribution in [3.05, 3.63) is 151 Å². The van der Waals surface area contributed by atoms with Gasteiger partial charge in [0.15, 0.2) is 33.2 Å². The molecule has 4 N–H and O–H groups in total. The third-order valence-corrected chi connectivity index (χ3v) is 24.5. The summed E-state index contributed by atoms with van der Waals surface area (Å²) in [5, 5.41) is 86.2. The Kier molecular flexibility index (Phi) is 19.0. The molecule has 102 heavy (non-hydrogen) atoms. The van der Waals surface area contributed by atoms with Crippen molar-refractivity contribution in [1.29, 1.82) is 42.1 Å². The summed E-state index contributed by atoms with van der Waals surface area (Å²) in [6, 6.07) is 33.1. The number of ketones is 2. The zero-order chi connectivity index (χ0) is 73.9. The van der Waals surface area contributed by atoms with E-state index in [-0.39, 0.29) is 37.2 Å². The van der Waals surface area contributed by atoms with Gasteiger partial charge in [-0.25, -0.2) is 9.97 Å². The molecule has 0 fully saturated rings. The molecule has 2 aliphatic carbocycles. The number of hydrogen-bond donors (Lipinski definition) is 4. The average Bonchev–Trinajstić information content (AvgIpc) is 1.40. The Morgan fingerprint density at radius 3 is 0.755 bits per heavy atom. The molecule has 0 saturated carbocycles. The van der Waals surface area contributed by atoms with Gasteiger partial charge in [-0.05, 0) is 194 Å². The number of aromatic amines is 4. The van der Waals surface area contributed by atoms with Crippen LogP contribution in [0.4, 0.5) is 0 Å². The monoisotopic (exact) mass is 1350 g/mol. The molecule has 0 amide bonds. The number of hydrogen-bond acceptors (Lipinski definition) is 14. The molecular formula is C84H88N16O2. The van der Waals surface area contributed by atoms with Gasteiger partial charge in [-0.1, -0.05) is 109 Å². The van der Waals surface area contributed by atoms with Gasteiger partial charge < -0.3 is 19.9 Å². The van der Waals surface area contributed by atoms with Crippen molar-refractivity contribution in [1.82, 2.24) is 39.9 Å². The van der Waals surface area contributed by atoms with E-state index < -0.39 is 43.3 Å². The summed E-state index contributed by atoms with van der Waals surface area (Å²) in [6.07, 6.45) is 12.2. The lowest BCUT2D eigenvalue weighted by molar-refractivity contribution is 0.0878. The Bertz CT molecular complexity index is 5280. The molecule has 18 nitrogen and oxygen atoms in total. The number of carbonyl (C=O) groups excluding carboxylic acids is 2. The van der Waals surface area contributed by atoms with Crippen LogP contribution >= 0.6 is 0 Å². The lowest BCUT2D eigenvalue weighted by Crippen LogP contribution is -2.55. The summed E-state index contributed by atoms with van der Waals surface area (Å²) < 4.78 is 0. The minimum atomic E-state index is -2.06. The van der Waals surface area contributed by atoms with Crippen molar-refractivity contribution < 1.29 is 9.59 Å². The number of aryl methyl sites for hydroxylation is 8. The van der Waals surface area contributed by atoms with E-state index >= 15 is 0 Å². The second kappa shape index (κ2) is 26.8. The second-order valence-corrected chi connectivity index (χ2v) is 27.8. The number of aromatic nitrogens is 8. The lowest BCUT2D eigenvalue weighted by Gasteiger charge is -2.48. The summed E-state index contributed by atoms with van der Waals surface area (Å²) in [5.74, 6) is 0.0331. The Labute approximate surface area is 597 Å². The molecular weight excluding hydrogens is 1270 g/mol. The summed E-state index contributed by atoms with van der Waals surface area (Å²) in [4.78, 5) is 63.8. The van der Waals surface area contributed by atoms with Crippen molar-refractivity contribution in [2.75, 3.05) is 0 Å². The minimum Gasteiger partial charge on any atom is -0.355 e. The van der Waals surface area contributed by atoms with Crippen LogP contribution in [0.25, 0.3) is 55.3 Å². The summed E-state index contributed by atoms with van der Waals surface area (Å²) in [5.41, 5.74) is 8.66. The number of allylic oxidation sites excluding steroid dienone is 4. The van der Waals surface area contributed by atoms with E-state index in [9.17, 15) is 51.7 Å². The predicted octanol–water partition coefficient (Wildman–Crippen LogP) is 17.4. The molecule has 516 valence electrons. The molecule has 2 atom stereocenters. The standard InChI is InChI=1S/2C42H44N8O/c1-8-25-27(10-3)32-19-36-40(12-5,13-6)38(51)35(50-36)18-31-26(9-2)28(11-4)33(48-31)20-37-42(14-7)29(34(49-37)17-30(25)47-32)15-16-39(21-43,22-44)41(42,23-45)24-46;1-8-25-26(9-2)31-18-35-38(51)40(12-5,13-6)36(50-35)19-32-27(10-3)28(11-4)33(48-32)20-37-42(14-7)29(34(49-37)17-30(25)47-31)15-16-39(21-43,22-44)41(42,23-45)24-46/h2*15,17-20,47-48H,8-14,16H2,1-7H3. The van der Waals surface area contributed by atoms with Crippen molar-refractivity contribution in [3.63, 3.8) is 0 Å². The first-order valence-electron chi connectivity index (χ1n) is 36.6. The van der Waals surface area contributed by atoms with Gasteiger partial charge in [0.2, 0.25) is 0 Å². The van der Waals surface area contributed by atoms with Gasteiger partial charge in [0.1, 0.15) is 11.4 Å². The topological polar surface area (TPSA) is 339 Å². The fourth-order valence-corrected chi connectivity index (χ4v) is 18.9. The highest BCUT2D eigenvalue weighted by Gasteiger charge is 2.73. The normalized spacial score (nSPS) is 19.6. The average molecular weight is 1350 g/mol. The Balaban J connectivity index is 0.000000205. The van der Waals surface area contributed by atoms with E-state index in [0.29, 0.717) is 103 Å². The van der Waals surface area contributed by atoms with Crippen LogP contribution in [0, 0.1) is 112 Å². The number of Topliss-reactive ketones (excluding diaryl/α,β-unsaturated/α-hetero) is 2. The molecule has 12 rings (SSSR count). The van der Waals surface area contributed by atoms with Crippen LogP contribution in [-0.4, -0.2) is 51.4 Å². The highest BCUT2D eigenvalue weighted by atomic mass is 16.1. The third kappa shape index (κ3) is 9.38. The van der Waals surface area contributed by atoms with Crippen LogP contribution in [0.15, 0.2) is 60.7 Å². The second-order valence-electron chi connectivity index (χ2n) is 27.8. The third-order valence-electron chi connectivity index (χ3n) is 24.5. The number of carbonyl (C=O) groups is 2. The van der Waals surface area contributed by atoms with Crippen LogP contribution in [0.5, 0.6) is 0 Å². The predicted molar refractivity (Wildman–Crippen MR) is 394 cm³/mol. The van der Waals surface area contributed by atoms with E-state index in [0.717, 1.165) is 119 Å². The van der Waals surface area contributed by atoms with Gasteiger partial charge in [-0.15, -0.1) is 0 Å². The molecule has 0 radical (unpaired) electrons. The molecule has 18 heteroatoms. The summed E-state index contributed by atoms with van der Waals surface area (Å²) in [7, 11) is 0. The number of fused-ring (bicyclic) bond motifs is 22. The molecule has 0 spiro atoms. The maximum Gasteiger partial charge on any atom is 0.193 e. The molecule has 16 bridgehead atoms. The van der Waals surface area contributed by atoms with Gasteiger partial charge in [-0.2, -0.15) is 42.1 Å². The summed E-state index contributed by atoms with van der Waals surface area (Å²) >= 11 is 0. The van der Waals surface area contributed by atoms with Crippen LogP contribution in [0.3, 0.4) is 0 Å². The van der Waals surface area contributed by atoms with Gasteiger partial charge >= 0.3 is 0 Å². The van der Waals surface area contributed by atoms with Crippen LogP contribution in [-0.2, 0) is 73.0 Å². The zero-order valence-electron chi connectivity index (χ0n) is 61.3. The quantitative estimate of drug-likeness (QED) is 0.0788. The van der Waals surface area contributed by atoms with Crippen LogP contribution in [0.1, 0.15) is 248 Å². The number of nitrogens with one attached hydrogen (secondary N) is 4. The van der Waals surface area contributed by atoms with Crippen LogP contribution < -0.4 is 0 Å². The van der Waals surface area contributed by atoms with E-state index in [2.05, 4.69) is 138 Å². The van der Waals surface area contributed by atoms with Gasteiger partial charge in [0.05, 0.1) is 104 Å². The van der Waals surface area contributed by atoms with Crippen molar-refractivity contribution >= 4 is 66.8 Å². The lowest BCUT2D eigenvalue weighted by atomic mass is 9.45. The first kappa shape index (κ1) is 72.2. The Morgan fingerprint density at radius 1 is 0.314 bits per heavy atom. The highest BCUT2D eigenvalue weighted by Crippen LogP contribution is 2.67. The highest BCUT2D eigenvalue weighted by molar-refractivity contribution is 6.06. The molecule has 4 aliphatic heterocycles. The van der Waals surface area contributed by atoms with Gasteiger partial charge in [0.25, 0.3) is 0 Å². The molecule has 2 unspecified atom stereocenters. The Hall–Kier alpha value is -11.0. The van der Waals surface area contributed by atoms with E-state index in [1.165, 1.54) is 0 Å². The van der Waals surface area contributed by atoms with E-state index in [4.69, 9.17) is 19.9 Å².